The molecule has 2 aromatic heterocycles. The van der Waals surface area contributed by atoms with E-state index in [2.05, 4.69) is 63.1 Å². The molecule has 0 bridgehead atoms. The second-order valence-corrected chi connectivity index (χ2v) is 8.81. The van der Waals surface area contributed by atoms with E-state index in [4.69, 9.17) is 0 Å². The van der Waals surface area contributed by atoms with Gasteiger partial charge >= 0.3 is 5.97 Å². The summed E-state index contributed by atoms with van der Waals surface area (Å²) in [6.07, 6.45) is 3.42. The van der Waals surface area contributed by atoms with E-state index in [1.54, 1.807) is 6.08 Å². The van der Waals surface area contributed by atoms with Crippen LogP contribution in [0.3, 0.4) is 0 Å². The van der Waals surface area contributed by atoms with Crippen LogP contribution in [-0.2, 0) is 11.2 Å². The number of nitrogens with zero attached hydrogens (tertiary/aromatic N) is 3. The zero-order chi connectivity index (χ0) is 23.4. The molecule has 0 atom stereocenters. The summed E-state index contributed by atoms with van der Waals surface area (Å²) in [7, 11) is 0. The molecule has 33 heavy (non-hydrogen) atoms. The lowest BCUT2D eigenvalue weighted by atomic mass is 10.1. The van der Waals surface area contributed by atoms with Crippen LogP contribution in [0.5, 0.6) is 0 Å². The van der Waals surface area contributed by atoms with E-state index in [0.717, 1.165) is 58.6 Å². The van der Waals surface area contributed by atoms with Crippen molar-refractivity contribution in [2.24, 2.45) is 0 Å². The molecule has 2 N–H and O–H groups in total. The summed E-state index contributed by atoms with van der Waals surface area (Å²) in [6.45, 7) is 6.08. The standard InChI is InChI=1S/C26H26N4O2S/c1-4-8-24-27-26(29-28-24)33-23(25(31)32)16-21-15-17(2)30(18(21)3)22-13-11-20(12-14-22)19-9-6-5-7-10-19/h5-7,9-16H,4,8H2,1-3H3,(H,31,32)(H,27,28,29)/b23-16-. The highest BCUT2D eigenvalue weighted by atomic mass is 32.2. The Morgan fingerprint density at radius 3 is 2.45 bits per heavy atom. The van der Waals surface area contributed by atoms with Crippen molar-refractivity contribution in [3.05, 3.63) is 88.3 Å². The number of benzene rings is 2. The quantitative estimate of drug-likeness (QED) is 0.248. The summed E-state index contributed by atoms with van der Waals surface area (Å²) in [6, 6.07) is 20.6. The minimum absolute atomic E-state index is 0.178. The van der Waals surface area contributed by atoms with Gasteiger partial charge in [-0.2, -0.15) is 0 Å². The van der Waals surface area contributed by atoms with E-state index >= 15 is 0 Å². The number of carboxylic acids is 1. The SMILES string of the molecule is CCCc1nc(S/C(=C\c2cc(C)n(-c3ccc(-c4ccccc4)cc3)c2C)C(=O)O)n[nH]1. The summed E-state index contributed by atoms with van der Waals surface area (Å²) < 4.78 is 2.14. The first-order chi connectivity index (χ1) is 16.0. The normalized spacial score (nSPS) is 11.7. The predicted molar refractivity (Wildman–Crippen MR) is 133 cm³/mol. The van der Waals surface area contributed by atoms with Crippen molar-refractivity contribution in [2.45, 2.75) is 38.8 Å². The lowest BCUT2D eigenvalue weighted by Crippen LogP contribution is -2.00. The Bertz CT molecular complexity index is 1290. The molecule has 0 aliphatic heterocycles. The van der Waals surface area contributed by atoms with Gasteiger partial charge < -0.3 is 9.67 Å². The summed E-state index contributed by atoms with van der Waals surface area (Å²) in [5, 5.41) is 17.2. The molecular weight excluding hydrogens is 432 g/mol. The molecular formula is C26H26N4O2S. The van der Waals surface area contributed by atoms with Crippen LogP contribution >= 0.6 is 11.8 Å². The molecule has 2 aromatic carbocycles. The highest BCUT2D eigenvalue weighted by Crippen LogP contribution is 2.30. The highest BCUT2D eigenvalue weighted by molar-refractivity contribution is 8.04. The van der Waals surface area contributed by atoms with Crippen LogP contribution in [0.2, 0.25) is 0 Å². The van der Waals surface area contributed by atoms with Crippen molar-refractivity contribution in [2.75, 3.05) is 0 Å². The van der Waals surface area contributed by atoms with Crippen LogP contribution in [0.4, 0.5) is 0 Å². The molecule has 7 heteroatoms. The van der Waals surface area contributed by atoms with Crippen LogP contribution in [0.25, 0.3) is 22.9 Å². The number of aromatic amines is 1. The average Bonchev–Trinajstić information content (AvgIpc) is 3.37. The number of aryl methyl sites for hydroxylation is 2. The molecule has 0 aliphatic carbocycles. The largest absolute Gasteiger partial charge is 0.477 e. The van der Waals surface area contributed by atoms with Gasteiger partial charge in [0.05, 0.1) is 0 Å². The highest BCUT2D eigenvalue weighted by Gasteiger charge is 2.16. The molecule has 0 aliphatic rings. The van der Waals surface area contributed by atoms with E-state index in [-0.39, 0.29) is 4.91 Å². The lowest BCUT2D eigenvalue weighted by molar-refractivity contribution is -0.131. The van der Waals surface area contributed by atoms with Crippen LogP contribution < -0.4 is 0 Å². The third kappa shape index (κ3) is 5.09. The number of carboxylic acid groups (broad SMARTS) is 1. The Morgan fingerprint density at radius 1 is 1.09 bits per heavy atom. The number of thioether (sulfide) groups is 1. The van der Waals surface area contributed by atoms with Crippen molar-refractivity contribution in [3.8, 4) is 16.8 Å². The molecule has 0 saturated carbocycles. The summed E-state index contributed by atoms with van der Waals surface area (Å²) >= 11 is 1.06. The van der Waals surface area contributed by atoms with Gasteiger partial charge in [0.25, 0.3) is 0 Å². The van der Waals surface area contributed by atoms with E-state index < -0.39 is 5.97 Å². The number of rotatable bonds is 8. The zero-order valence-corrected chi connectivity index (χ0v) is 19.7. The Morgan fingerprint density at radius 2 is 1.79 bits per heavy atom. The van der Waals surface area contributed by atoms with Gasteiger partial charge in [-0.3, -0.25) is 5.10 Å². The second-order valence-electron chi connectivity index (χ2n) is 7.81. The number of aliphatic carboxylic acids is 1. The third-order valence-electron chi connectivity index (χ3n) is 5.40. The smallest absolute Gasteiger partial charge is 0.342 e. The molecule has 0 fully saturated rings. The van der Waals surface area contributed by atoms with Gasteiger partial charge in [0.1, 0.15) is 10.7 Å². The Labute approximate surface area is 197 Å². The zero-order valence-electron chi connectivity index (χ0n) is 18.9. The molecule has 0 unspecified atom stereocenters. The fourth-order valence-corrected chi connectivity index (χ4v) is 4.53. The van der Waals surface area contributed by atoms with Gasteiger partial charge in [-0.25, -0.2) is 9.78 Å². The number of aromatic nitrogens is 4. The van der Waals surface area contributed by atoms with Crippen LogP contribution in [0.15, 0.2) is 70.7 Å². The maximum absolute atomic E-state index is 11.9. The molecule has 4 aromatic rings. The predicted octanol–water partition coefficient (Wildman–Crippen LogP) is 6.05. The van der Waals surface area contributed by atoms with Crippen molar-refractivity contribution in [3.63, 3.8) is 0 Å². The van der Waals surface area contributed by atoms with Crippen LogP contribution in [-0.4, -0.2) is 30.8 Å². The van der Waals surface area contributed by atoms with Crippen molar-refractivity contribution in [1.82, 2.24) is 19.7 Å². The fraction of sp³-hybridized carbons (Fsp3) is 0.192. The van der Waals surface area contributed by atoms with E-state index in [9.17, 15) is 9.90 Å². The van der Waals surface area contributed by atoms with Gasteiger partial charge in [-0.05, 0) is 73.0 Å². The lowest BCUT2D eigenvalue weighted by Gasteiger charge is -2.11. The van der Waals surface area contributed by atoms with E-state index in [1.165, 1.54) is 5.56 Å². The molecule has 4 rings (SSSR count). The Kier molecular flexibility index (Phi) is 6.79. The number of H-pyrrole nitrogens is 1. The molecule has 0 spiro atoms. The van der Waals surface area contributed by atoms with Crippen molar-refractivity contribution in [1.29, 1.82) is 0 Å². The van der Waals surface area contributed by atoms with Crippen molar-refractivity contribution < 1.29 is 9.90 Å². The minimum atomic E-state index is -1.00. The number of nitrogens with one attached hydrogen (secondary N) is 1. The summed E-state index contributed by atoms with van der Waals surface area (Å²) in [5.74, 6) is -0.235. The molecule has 2 heterocycles. The molecule has 0 saturated heterocycles. The first kappa shape index (κ1) is 22.6. The fourth-order valence-electron chi connectivity index (χ4n) is 3.81. The van der Waals surface area contributed by atoms with Crippen molar-refractivity contribution >= 4 is 23.8 Å². The van der Waals surface area contributed by atoms with E-state index in [1.807, 2.05) is 38.1 Å². The van der Waals surface area contributed by atoms with Crippen LogP contribution in [0, 0.1) is 13.8 Å². The molecule has 0 amide bonds. The Balaban J connectivity index is 1.62. The topological polar surface area (TPSA) is 83.8 Å². The first-order valence-electron chi connectivity index (χ1n) is 10.8. The molecule has 0 radical (unpaired) electrons. The van der Waals surface area contributed by atoms with E-state index in [0.29, 0.717) is 5.16 Å². The first-order valence-corrected chi connectivity index (χ1v) is 11.7. The van der Waals surface area contributed by atoms with Gasteiger partial charge in [0.15, 0.2) is 0 Å². The van der Waals surface area contributed by atoms with Gasteiger partial charge in [-0.1, -0.05) is 49.4 Å². The molecule has 6 nitrogen and oxygen atoms in total. The summed E-state index contributed by atoms with van der Waals surface area (Å²) in [5.41, 5.74) is 6.22. The second kappa shape index (κ2) is 9.92. The Hall–Kier alpha value is -3.58. The van der Waals surface area contributed by atoms with Gasteiger partial charge in [0.2, 0.25) is 5.16 Å². The maximum atomic E-state index is 11.9. The third-order valence-corrected chi connectivity index (χ3v) is 6.28. The number of carbonyl (C=O) groups is 1. The summed E-state index contributed by atoms with van der Waals surface area (Å²) in [4.78, 5) is 16.5. The monoisotopic (exact) mass is 458 g/mol. The number of hydrogen-bond acceptors (Lipinski definition) is 4. The number of hydrogen-bond donors (Lipinski definition) is 2. The van der Waals surface area contributed by atoms with Crippen LogP contribution in [0.1, 0.15) is 36.1 Å². The van der Waals surface area contributed by atoms with Gasteiger partial charge in [0, 0.05) is 23.5 Å². The molecule has 168 valence electrons. The maximum Gasteiger partial charge on any atom is 0.342 e. The average molecular weight is 459 g/mol. The van der Waals surface area contributed by atoms with Gasteiger partial charge in [-0.15, -0.1) is 5.10 Å². The minimum Gasteiger partial charge on any atom is -0.477 e.